The molecule has 0 radical (unpaired) electrons. The first-order chi connectivity index (χ1) is 12.2. The molecule has 0 saturated carbocycles. The van der Waals surface area contributed by atoms with E-state index in [9.17, 15) is 21.6 Å². The van der Waals surface area contributed by atoms with Gasteiger partial charge in [-0.15, -0.1) is 0 Å². The maximum absolute atomic E-state index is 12.4. The number of halogens is 3. The molecule has 2 fully saturated rings. The number of hydrogen-bond acceptors (Lipinski definition) is 5. The lowest BCUT2D eigenvalue weighted by molar-refractivity contribution is -0.143. The number of hydrogen-bond donors (Lipinski definition) is 1. The van der Waals surface area contributed by atoms with Gasteiger partial charge in [-0.3, -0.25) is 4.90 Å². The van der Waals surface area contributed by atoms with E-state index in [1.807, 2.05) is 0 Å². The van der Waals surface area contributed by atoms with Gasteiger partial charge in [-0.2, -0.15) is 17.5 Å². The summed E-state index contributed by atoms with van der Waals surface area (Å²) in [6, 6.07) is 3.12. The molecule has 2 saturated heterocycles. The second kappa shape index (κ2) is 7.69. The van der Waals surface area contributed by atoms with Gasteiger partial charge in [0.25, 0.3) is 0 Å². The van der Waals surface area contributed by atoms with Crippen LogP contribution >= 0.6 is 0 Å². The molecule has 146 valence electrons. The van der Waals surface area contributed by atoms with Crippen LogP contribution in [0.2, 0.25) is 0 Å². The molecule has 0 bridgehead atoms. The highest BCUT2D eigenvalue weighted by molar-refractivity contribution is 7.89. The smallest absolute Gasteiger partial charge is 0.370 e. The fourth-order valence-electron chi connectivity index (χ4n) is 3.44. The van der Waals surface area contributed by atoms with Crippen molar-refractivity contribution >= 4 is 15.8 Å². The highest BCUT2D eigenvalue weighted by Gasteiger charge is 2.34. The maximum Gasteiger partial charge on any atom is 0.401 e. The Balaban J connectivity index is 1.51. The third-order valence-corrected chi connectivity index (χ3v) is 6.67. The third kappa shape index (κ3) is 4.86. The number of rotatable bonds is 6. The molecule has 1 atom stereocenters. The van der Waals surface area contributed by atoms with E-state index in [-0.39, 0.29) is 10.8 Å². The summed E-state index contributed by atoms with van der Waals surface area (Å²) in [4.78, 5) is 5.72. The van der Waals surface area contributed by atoms with Gasteiger partial charge in [-0.25, -0.2) is 13.4 Å². The van der Waals surface area contributed by atoms with E-state index >= 15 is 0 Å². The van der Waals surface area contributed by atoms with Gasteiger partial charge < -0.3 is 5.32 Å². The molecular formula is C16H23F3N4O2S. The highest BCUT2D eigenvalue weighted by atomic mass is 32.2. The van der Waals surface area contributed by atoms with Gasteiger partial charge in [0.2, 0.25) is 10.0 Å². The lowest BCUT2D eigenvalue weighted by Gasteiger charge is -2.18. The first-order valence-corrected chi connectivity index (χ1v) is 10.2. The Bertz CT molecular complexity index is 703. The molecule has 1 aromatic rings. The molecule has 26 heavy (non-hydrogen) atoms. The fraction of sp³-hybridized carbons (Fsp3) is 0.688. The fourth-order valence-corrected chi connectivity index (χ4v) is 4.90. The Kier molecular flexibility index (Phi) is 5.73. The van der Waals surface area contributed by atoms with Crippen molar-refractivity contribution in [3.8, 4) is 0 Å². The zero-order chi connectivity index (χ0) is 18.8. The lowest BCUT2D eigenvalue weighted by atomic mass is 10.1. The van der Waals surface area contributed by atoms with E-state index in [1.165, 1.54) is 21.5 Å². The van der Waals surface area contributed by atoms with Crippen molar-refractivity contribution in [3.05, 3.63) is 18.3 Å². The first-order valence-electron chi connectivity index (χ1n) is 8.73. The number of nitrogens with zero attached hydrogens (tertiary/aromatic N) is 3. The van der Waals surface area contributed by atoms with Gasteiger partial charge >= 0.3 is 6.18 Å². The Labute approximate surface area is 151 Å². The largest absolute Gasteiger partial charge is 0.401 e. The molecular weight excluding hydrogens is 369 g/mol. The number of likely N-dealkylation sites (tertiary alicyclic amines) is 1. The normalized spacial score (nSPS) is 22.8. The summed E-state index contributed by atoms with van der Waals surface area (Å²) in [7, 11) is -3.48. The Hall–Kier alpha value is -1.39. The molecule has 1 aromatic heterocycles. The molecule has 6 nitrogen and oxygen atoms in total. The molecule has 2 aliphatic heterocycles. The van der Waals surface area contributed by atoms with Crippen molar-refractivity contribution < 1.29 is 21.6 Å². The summed E-state index contributed by atoms with van der Waals surface area (Å²) in [6.45, 7) is 1.56. The minimum absolute atomic E-state index is 0.118. The quantitative estimate of drug-likeness (QED) is 0.804. The summed E-state index contributed by atoms with van der Waals surface area (Å²) in [5.74, 6) is 0.645. The van der Waals surface area contributed by atoms with Gasteiger partial charge in [0, 0.05) is 32.4 Å². The van der Waals surface area contributed by atoms with Crippen molar-refractivity contribution in [2.24, 2.45) is 5.92 Å². The standard InChI is InChI=1S/C16H23F3N4O2S/c17-16(18,19)12-22-8-5-13(11-22)9-20-15-4-3-14(10-21-15)26(24,25)23-6-1-2-7-23/h3-4,10,13H,1-2,5-9,11-12H2,(H,20,21). The number of aromatic nitrogens is 1. The van der Waals surface area contributed by atoms with Gasteiger partial charge in [0.15, 0.2) is 0 Å². The summed E-state index contributed by atoms with van der Waals surface area (Å²) >= 11 is 0. The van der Waals surface area contributed by atoms with Crippen LogP contribution in [0, 0.1) is 5.92 Å². The molecule has 1 unspecified atom stereocenters. The molecule has 3 rings (SSSR count). The Morgan fingerprint density at radius 2 is 1.92 bits per heavy atom. The van der Waals surface area contributed by atoms with Crippen LogP contribution in [0.3, 0.4) is 0 Å². The minimum Gasteiger partial charge on any atom is -0.370 e. The molecule has 0 amide bonds. The van der Waals surface area contributed by atoms with E-state index in [0.717, 1.165) is 12.8 Å². The second-order valence-electron chi connectivity index (χ2n) is 6.88. The molecule has 0 aromatic carbocycles. The SMILES string of the molecule is O=S(=O)(c1ccc(NCC2CCN(CC(F)(F)F)C2)nc1)N1CCCC1. The topological polar surface area (TPSA) is 65.5 Å². The predicted molar refractivity (Wildman–Crippen MR) is 91.3 cm³/mol. The van der Waals surface area contributed by atoms with E-state index in [2.05, 4.69) is 10.3 Å². The van der Waals surface area contributed by atoms with Gasteiger partial charge in [0.05, 0.1) is 6.54 Å². The van der Waals surface area contributed by atoms with Crippen molar-refractivity contribution in [2.45, 2.75) is 30.3 Å². The van der Waals surface area contributed by atoms with Gasteiger partial charge in [-0.1, -0.05) is 0 Å². The van der Waals surface area contributed by atoms with Crippen LogP contribution < -0.4 is 5.32 Å². The number of sulfonamides is 1. The van der Waals surface area contributed by atoms with Crippen LogP contribution in [-0.2, 0) is 10.0 Å². The highest BCUT2D eigenvalue weighted by Crippen LogP contribution is 2.24. The number of anilines is 1. The Morgan fingerprint density at radius 1 is 1.19 bits per heavy atom. The third-order valence-electron chi connectivity index (χ3n) is 4.78. The number of pyridine rings is 1. The van der Waals surface area contributed by atoms with E-state index in [1.54, 1.807) is 6.07 Å². The van der Waals surface area contributed by atoms with Crippen LogP contribution in [0.25, 0.3) is 0 Å². The number of alkyl halides is 3. The van der Waals surface area contributed by atoms with Crippen LogP contribution in [0.15, 0.2) is 23.2 Å². The van der Waals surface area contributed by atoms with Crippen LogP contribution in [-0.4, -0.2) is 68.1 Å². The summed E-state index contributed by atoms with van der Waals surface area (Å²) in [5.41, 5.74) is 0. The zero-order valence-electron chi connectivity index (χ0n) is 14.4. The first kappa shape index (κ1) is 19.4. The van der Waals surface area contributed by atoms with Crippen molar-refractivity contribution in [2.75, 3.05) is 44.6 Å². The van der Waals surface area contributed by atoms with Crippen LogP contribution in [0.4, 0.5) is 19.0 Å². The average Bonchev–Trinajstić information content (AvgIpc) is 3.24. The molecule has 0 aliphatic carbocycles. The monoisotopic (exact) mass is 392 g/mol. The zero-order valence-corrected chi connectivity index (χ0v) is 15.2. The van der Waals surface area contributed by atoms with E-state index in [0.29, 0.717) is 45.0 Å². The molecule has 1 N–H and O–H groups in total. The Morgan fingerprint density at radius 3 is 2.54 bits per heavy atom. The van der Waals surface area contributed by atoms with Crippen molar-refractivity contribution in [1.29, 1.82) is 0 Å². The van der Waals surface area contributed by atoms with E-state index in [4.69, 9.17) is 0 Å². The number of nitrogens with one attached hydrogen (secondary N) is 1. The van der Waals surface area contributed by atoms with Crippen molar-refractivity contribution in [1.82, 2.24) is 14.2 Å². The average molecular weight is 392 g/mol. The van der Waals surface area contributed by atoms with Crippen molar-refractivity contribution in [3.63, 3.8) is 0 Å². The summed E-state index contributed by atoms with van der Waals surface area (Å²) in [6.07, 6.45) is -0.385. The molecule has 2 aliphatic rings. The summed E-state index contributed by atoms with van der Waals surface area (Å²) in [5, 5.41) is 3.09. The molecule has 3 heterocycles. The maximum atomic E-state index is 12.4. The van der Waals surface area contributed by atoms with Gasteiger partial charge in [0.1, 0.15) is 10.7 Å². The molecule has 10 heteroatoms. The van der Waals surface area contributed by atoms with Crippen LogP contribution in [0.1, 0.15) is 19.3 Å². The van der Waals surface area contributed by atoms with Crippen LogP contribution in [0.5, 0.6) is 0 Å². The van der Waals surface area contributed by atoms with E-state index < -0.39 is 22.7 Å². The van der Waals surface area contributed by atoms with Gasteiger partial charge in [-0.05, 0) is 43.9 Å². The second-order valence-corrected chi connectivity index (χ2v) is 8.81. The minimum atomic E-state index is -4.17. The lowest BCUT2D eigenvalue weighted by Crippen LogP contribution is -2.33. The molecule has 0 spiro atoms. The predicted octanol–water partition coefficient (Wildman–Crippen LogP) is 2.16. The summed E-state index contributed by atoms with van der Waals surface area (Å²) < 4.78 is 63.6.